The highest BCUT2D eigenvalue weighted by molar-refractivity contribution is 5.82. The van der Waals surface area contributed by atoms with Crippen molar-refractivity contribution in [3.8, 4) is 0 Å². The standard InChI is InChI=1S/C26H31N7O2/c1-19-7-6-10-21-17-22(26(34)27-23(19)21)24(25-28-29-30-33(25)15-16-35-2)32-13-11-31(12-14-32)18-20-8-4-3-5-9-20/h3-10,17,24H,11-16,18H2,1-2H3,(H,27,34). The monoisotopic (exact) mass is 473 g/mol. The van der Waals surface area contributed by atoms with Crippen molar-refractivity contribution in [2.75, 3.05) is 39.9 Å². The number of fused-ring (bicyclic) bond motifs is 1. The fourth-order valence-corrected chi connectivity index (χ4v) is 4.87. The molecular formula is C26H31N7O2. The van der Waals surface area contributed by atoms with Gasteiger partial charge < -0.3 is 9.72 Å². The lowest BCUT2D eigenvalue weighted by molar-refractivity contribution is 0.0984. The van der Waals surface area contributed by atoms with Crippen LogP contribution in [0.4, 0.5) is 0 Å². The molecule has 182 valence electrons. The molecule has 1 fully saturated rings. The van der Waals surface area contributed by atoms with E-state index in [0.717, 1.165) is 49.2 Å². The van der Waals surface area contributed by atoms with Crippen molar-refractivity contribution in [1.29, 1.82) is 0 Å². The van der Waals surface area contributed by atoms with E-state index in [4.69, 9.17) is 4.74 Å². The first-order valence-corrected chi connectivity index (χ1v) is 12.0. The number of nitrogens with zero attached hydrogens (tertiary/aromatic N) is 6. The number of tetrazole rings is 1. The molecule has 0 amide bonds. The zero-order valence-corrected chi connectivity index (χ0v) is 20.2. The largest absolute Gasteiger partial charge is 0.383 e. The minimum atomic E-state index is -0.352. The molecule has 9 nitrogen and oxygen atoms in total. The molecule has 0 spiro atoms. The van der Waals surface area contributed by atoms with Crippen LogP contribution in [0, 0.1) is 6.92 Å². The fraction of sp³-hybridized carbons (Fsp3) is 0.385. The molecule has 2 aromatic heterocycles. The Morgan fingerprint density at radius 3 is 2.63 bits per heavy atom. The van der Waals surface area contributed by atoms with Crippen LogP contribution < -0.4 is 5.56 Å². The Balaban J connectivity index is 1.47. The third kappa shape index (κ3) is 5.02. The molecule has 35 heavy (non-hydrogen) atoms. The number of piperazine rings is 1. The number of para-hydroxylation sites is 1. The molecule has 0 saturated carbocycles. The molecule has 0 aliphatic carbocycles. The summed E-state index contributed by atoms with van der Waals surface area (Å²) in [6, 6.07) is 18.2. The van der Waals surface area contributed by atoms with Gasteiger partial charge in [0.2, 0.25) is 0 Å². The van der Waals surface area contributed by atoms with E-state index < -0.39 is 0 Å². The maximum atomic E-state index is 13.4. The average molecular weight is 474 g/mol. The predicted octanol–water partition coefficient (Wildman–Crippen LogP) is 2.38. The van der Waals surface area contributed by atoms with Crippen LogP contribution in [0.3, 0.4) is 0 Å². The Bertz CT molecular complexity index is 1330. The molecule has 2 aromatic carbocycles. The van der Waals surface area contributed by atoms with Crippen LogP contribution in [-0.2, 0) is 17.8 Å². The molecule has 0 radical (unpaired) electrons. The quantitative estimate of drug-likeness (QED) is 0.420. The van der Waals surface area contributed by atoms with Gasteiger partial charge >= 0.3 is 0 Å². The molecular weight excluding hydrogens is 442 g/mol. The highest BCUT2D eigenvalue weighted by Gasteiger charge is 2.32. The van der Waals surface area contributed by atoms with E-state index in [1.165, 1.54) is 5.56 Å². The van der Waals surface area contributed by atoms with Crippen LogP contribution >= 0.6 is 0 Å². The molecule has 1 atom stereocenters. The summed E-state index contributed by atoms with van der Waals surface area (Å²) in [4.78, 5) is 21.3. The van der Waals surface area contributed by atoms with Crippen LogP contribution in [0.1, 0.15) is 28.6 Å². The van der Waals surface area contributed by atoms with Crippen LogP contribution in [0.25, 0.3) is 10.9 Å². The summed E-state index contributed by atoms with van der Waals surface area (Å²) < 4.78 is 7.02. The van der Waals surface area contributed by atoms with Gasteiger partial charge in [0.1, 0.15) is 6.04 Å². The minimum absolute atomic E-state index is 0.107. The van der Waals surface area contributed by atoms with Crippen molar-refractivity contribution in [2.24, 2.45) is 0 Å². The van der Waals surface area contributed by atoms with Crippen LogP contribution in [-0.4, -0.2) is 74.9 Å². The lowest BCUT2D eigenvalue weighted by Crippen LogP contribution is -2.48. The number of methoxy groups -OCH3 is 1. The first-order valence-electron chi connectivity index (χ1n) is 12.0. The van der Waals surface area contributed by atoms with Crippen LogP contribution in [0.15, 0.2) is 59.4 Å². The van der Waals surface area contributed by atoms with Crippen molar-refractivity contribution >= 4 is 10.9 Å². The van der Waals surface area contributed by atoms with Gasteiger partial charge in [0, 0.05) is 45.4 Å². The molecule has 1 N–H and O–H groups in total. The second-order valence-corrected chi connectivity index (χ2v) is 9.05. The Morgan fingerprint density at radius 2 is 1.86 bits per heavy atom. The van der Waals surface area contributed by atoms with Gasteiger partial charge in [-0.15, -0.1) is 5.10 Å². The zero-order chi connectivity index (χ0) is 24.2. The average Bonchev–Trinajstić information content (AvgIpc) is 3.33. The maximum Gasteiger partial charge on any atom is 0.253 e. The van der Waals surface area contributed by atoms with E-state index in [1.807, 2.05) is 37.3 Å². The van der Waals surface area contributed by atoms with Gasteiger partial charge in [-0.1, -0.05) is 48.5 Å². The van der Waals surface area contributed by atoms with Gasteiger partial charge in [-0.05, 0) is 39.9 Å². The summed E-state index contributed by atoms with van der Waals surface area (Å²) in [6.07, 6.45) is 0. The van der Waals surface area contributed by atoms with Gasteiger partial charge in [-0.25, -0.2) is 4.68 Å². The number of nitrogens with one attached hydrogen (secondary N) is 1. The Hall–Kier alpha value is -3.40. The van der Waals surface area contributed by atoms with Crippen molar-refractivity contribution in [3.63, 3.8) is 0 Å². The van der Waals surface area contributed by atoms with Gasteiger partial charge in [-0.2, -0.15) is 0 Å². The molecule has 5 rings (SSSR count). The summed E-state index contributed by atoms with van der Waals surface area (Å²) in [7, 11) is 1.66. The summed E-state index contributed by atoms with van der Waals surface area (Å²) >= 11 is 0. The first kappa shape index (κ1) is 23.3. The van der Waals surface area contributed by atoms with Crippen LogP contribution in [0.2, 0.25) is 0 Å². The molecule has 0 bridgehead atoms. The number of ether oxygens (including phenoxy) is 1. The normalized spacial score (nSPS) is 16.1. The van der Waals surface area contributed by atoms with E-state index in [9.17, 15) is 4.79 Å². The fourth-order valence-electron chi connectivity index (χ4n) is 4.87. The number of pyridine rings is 1. The second kappa shape index (κ2) is 10.5. The smallest absolute Gasteiger partial charge is 0.253 e. The molecule has 1 unspecified atom stereocenters. The Morgan fingerprint density at radius 1 is 1.06 bits per heavy atom. The van der Waals surface area contributed by atoms with E-state index in [-0.39, 0.29) is 11.6 Å². The minimum Gasteiger partial charge on any atom is -0.383 e. The number of H-pyrrole nitrogens is 1. The van der Waals surface area contributed by atoms with Gasteiger partial charge in [0.25, 0.3) is 5.56 Å². The maximum absolute atomic E-state index is 13.4. The molecule has 1 aliphatic heterocycles. The van der Waals surface area contributed by atoms with Crippen LogP contribution in [0.5, 0.6) is 0 Å². The number of hydrogen-bond donors (Lipinski definition) is 1. The number of rotatable bonds is 8. The predicted molar refractivity (Wildman–Crippen MR) is 134 cm³/mol. The van der Waals surface area contributed by atoms with Crippen molar-refractivity contribution in [2.45, 2.75) is 26.1 Å². The van der Waals surface area contributed by atoms with Crippen molar-refractivity contribution in [3.05, 3.63) is 87.5 Å². The Kier molecular flexibility index (Phi) is 6.98. The third-order valence-corrected chi connectivity index (χ3v) is 6.74. The number of hydrogen-bond acceptors (Lipinski definition) is 7. The summed E-state index contributed by atoms with van der Waals surface area (Å²) in [5, 5.41) is 13.5. The zero-order valence-electron chi connectivity index (χ0n) is 20.2. The second-order valence-electron chi connectivity index (χ2n) is 9.05. The van der Waals surface area contributed by atoms with E-state index >= 15 is 0 Å². The summed E-state index contributed by atoms with van der Waals surface area (Å²) in [5.41, 5.74) is 3.77. The van der Waals surface area contributed by atoms with Gasteiger partial charge in [0.05, 0.1) is 18.7 Å². The number of aryl methyl sites for hydroxylation is 1. The lowest BCUT2D eigenvalue weighted by Gasteiger charge is -2.38. The van der Waals surface area contributed by atoms with E-state index in [2.05, 4.69) is 54.6 Å². The summed E-state index contributed by atoms with van der Waals surface area (Å²) in [5.74, 6) is 0.663. The highest BCUT2D eigenvalue weighted by Crippen LogP contribution is 2.28. The molecule has 9 heteroatoms. The molecule has 3 heterocycles. The van der Waals surface area contributed by atoms with Crippen molar-refractivity contribution < 1.29 is 4.74 Å². The summed E-state index contributed by atoms with van der Waals surface area (Å²) in [6.45, 7) is 7.34. The van der Waals surface area contributed by atoms with E-state index in [1.54, 1.807) is 11.8 Å². The topological polar surface area (TPSA) is 92.2 Å². The van der Waals surface area contributed by atoms with E-state index in [0.29, 0.717) is 24.5 Å². The SMILES string of the molecule is COCCn1nnnc1C(c1cc2cccc(C)c2[nH]c1=O)N1CCN(Cc2ccccc2)CC1. The molecule has 1 aliphatic rings. The molecule has 4 aromatic rings. The number of benzene rings is 2. The third-order valence-electron chi connectivity index (χ3n) is 6.74. The first-order chi connectivity index (χ1) is 17.1. The Labute approximate surface area is 204 Å². The van der Waals surface area contributed by atoms with Crippen molar-refractivity contribution in [1.82, 2.24) is 35.0 Å². The number of aromatic nitrogens is 5. The molecule has 1 saturated heterocycles. The highest BCUT2D eigenvalue weighted by atomic mass is 16.5. The lowest BCUT2D eigenvalue weighted by atomic mass is 10.0. The number of aromatic amines is 1. The van der Waals surface area contributed by atoms with Gasteiger partial charge in [0.15, 0.2) is 5.82 Å². The van der Waals surface area contributed by atoms with Gasteiger partial charge in [-0.3, -0.25) is 14.6 Å².